The molecule has 45 heavy (non-hydrogen) atoms. The molecule has 0 fully saturated rings. The molecule has 1 aliphatic rings. The second-order valence-corrected chi connectivity index (χ2v) is 11.7. The van der Waals surface area contributed by atoms with Crippen molar-refractivity contribution in [1.82, 2.24) is 10.2 Å². The first kappa shape index (κ1) is 31.5. The number of aryl methyl sites for hydroxylation is 2. The fourth-order valence-corrected chi connectivity index (χ4v) is 6.42. The average molecular weight is 604 g/mol. The SMILES string of the molecule is CCOC(=O)c1cccc(NC(=O)NCC(=O)N(Cc2ccccc2)C2c3cc(C)cc(C)c3CCC2Cc2ccccc2)c1. The van der Waals surface area contributed by atoms with Crippen molar-refractivity contribution in [2.75, 3.05) is 18.5 Å². The molecule has 4 aromatic rings. The van der Waals surface area contributed by atoms with Crippen LogP contribution in [0.25, 0.3) is 0 Å². The number of amides is 3. The van der Waals surface area contributed by atoms with Crippen LogP contribution in [0.2, 0.25) is 0 Å². The predicted molar refractivity (Wildman–Crippen MR) is 177 cm³/mol. The number of nitrogens with one attached hydrogen (secondary N) is 2. The van der Waals surface area contributed by atoms with E-state index in [1.165, 1.54) is 27.8 Å². The first-order valence-electron chi connectivity index (χ1n) is 15.6. The fourth-order valence-electron chi connectivity index (χ4n) is 6.42. The van der Waals surface area contributed by atoms with Gasteiger partial charge in [-0.3, -0.25) is 4.79 Å². The number of carbonyl (C=O) groups is 3. The molecule has 0 spiro atoms. The Balaban J connectivity index is 1.42. The maximum atomic E-state index is 14.2. The molecule has 232 valence electrons. The molecular weight excluding hydrogens is 562 g/mol. The Hall–Kier alpha value is -4.91. The minimum Gasteiger partial charge on any atom is -0.462 e. The molecule has 4 aromatic carbocycles. The number of esters is 1. The molecule has 0 saturated carbocycles. The van der Waals surface area contributed by atoms with E-state index in [0.717, 1.165) is 24.8 Å². The number of benzene rings is 4. The van der Waals surface area contributed by atoms with Gasteiger partial charge in [0.2, 0.25) is 5.91 Å². The van der Waals surface area contributed by atoms with E-state index >= 15 is 0 Å². The molecular formula is C38H41N3O4. The maximum absolute atomic E-state index is 14.2. The van der Waals surface area contributed by atoms with Crippen LogP contribution in [0.4, 0.5) is 10.5 Å². The van der Waals surface area contributed by atoms with Gasteiger partial charge in [0.15, 0.2) is 0 Å². The van der Waals surface area contributed by atoms with Gasteiger partial charge in [-0.15, -0.1) is 0 Å². The normalized spacial score (nSPS) is 15.4. The van der Waals surface area contributed by atoms with Crippen molar-refractivity contribution < 1.29 is 19.1 Å². The number of fused-ring (bicyclic) bond motifs is 1. The van der Waals surface area contributed by atoms with Gasteiger partial charge in [0.25, 0.3) is 0 Å². The van der Waals surface area contributed by atoms with Crippen LogP contribution < -0.4 is 10.6 Å². The van der Waals surface area contributed by atoms with Crippen LogP contribution >= 0.6 is 0 Å². The summed E-state index contributed by atoms with van der Waals surface area (Å²) in [7, 11) is 0. The molecule has 2 unspecified atom stereocenters. The van der Waals surface area contributed by atoms with Gasteiger partial charge >= 0.3 is 12.0 Å². The van der Waals surface area contributed by atoms with Gasteiger partial charge in [0.05, 0.1) is 24.8 Å². The summed E-state index contributed by atoms with van der Waals surface area (Å²) in [6, 6.07) is 30.8. The van der Waals surface area contributed by atoms with Crippen molar-refractivity contribution in [2.45, 2.75) is 52.6 Å². The van der Waals surface area contributed by atoms with E-state index in [0.29, 0.717) is 17.8 Å². The zero-order chi connectivity index (χ0) is 31.8. The number of carbonyl (C=O) groups excluding carboxylic acids is 3. The van der Waals surface area contributed by atoms with Gasteiger partial charge in [-0.1, -0.05) is 84.4 Å². The molecule has 7 nitrogen and oxygen atoms in total. The lowest BCUT2D eigenvalue weighted by atomic mass is 9.74. The van der Waals surface area contributed by atoms with Crippen molar-refractivity contribution in [3.8, 4) is 0 Å². The van der Waals surface area contributed by atoms with Crippen LogP contribution in [-0.4, -0.2) is 36.0 Å². The van der Waals surface area contributed by atoms with Gasteiger partial charge in [-0.05, 0) is 92.0 Å². The first-order valence-corrected chi connectivity index (χ1v) is 15.6. The van der Waals surface area contributed by atoms with Gasteiger partial charge in [0.1, 0.15) is 0 Å². The summed E-state index contributed by atoms with van der Waals surface area (Å²) in [5.41, 5.74) is 7.98. The number of ether oxygens (including phenoxy) is 1. The van der Waals surface area contributed by atoms with Crippen LogP contribution in [0.5, 0.6) is 0 Å². The van der Waals surface area contributed by atoms with Gasteiger partial charge < -0.3 is 20.3 Å². The largest absolute Gasteiger partial charge is 0.462 e. The number of anilines is 1. The van der Waals surface area contributed by atoms with E-state index in [4.69, 9.17) is 4.74 Å². The molecule has 0 radical (unpaired) electrons. The van der Waals surface area contributed by atoms with Crippen LogP contribution in [0.1, 0.15) is 63.1 Å². The molecule has 5 rings (SSSR count). The summed E-state index contributed by atoms with van der Waals surface area (Å²) in [5, 5.41) is 5.51. The fraction of sp³-hybridized carbons (Fsp3) is 0.289. The van der Waals surface area contributed by atoms with Crippen molar-refractivity contribution >= 4 is 23.6 Å². The maximum Gasteiger partial charge on any atom is 0.338 e. The average Bonchev–Trinajstić information content (AvgIpc) is 3.04. The number of nitrogens with zero attached hydrogens (tertiary/aromatic N) is 1. The Labute approximate surface area is 265 Å². The van der Waals surface area contributed by atoms with Crippen molar-refractivity contribution in [3.63, 3.8) is 0 Å². The number of hydrogen-bond donors (Lipinski definition) is 2. The number of hydrogen-bond acceptors (Lipinski definition) is 4. The van der Waals surface area contributed by atoms with E-state index in [1.54, 1.807) is 31.2 Å². The van der Waals surface area contributed by atoms with Crippen LogP contribution in [-0.2, 0) is 28.9 Å². The predicted octanol–water partition coefficient (Wildman–Crippen LogP) is 7.18. The van der Waals surface area contributed by atoms with Crippen LogP contribution in [0.3, 0.4) is 0 Å². The zero-order valence-electron chi connectivity index (χ0n) is 26.2. The zero-order valence-corrected chi connectivity index (χ0v) is 26.2. The van der Waals surface area contributed by atoms with E-state index in [-0.39, 0.29) is 31.0 Å². The molecule has 0 bridgehead atoms. The third-order valence-electron chi connectivity index (χ3n) is 8.41. The molecule has 1 aliphatic carbocycles. The summed E-state index contributed by atoms with van der Waals surface area (Å²) in [4.78, 5) is 41.3. The molecule has 7 heteroatoms. The lowest BCUT2D eigenvalue weighted by molar-refractivity contribution is -0.135. The van der Waals surface area contributed by atoms with E-state index in [9.17, 15) is 14.4 Å². The summed E-state index contributed by atoms with van der Waals surface area (Å²) >= 11 is 0. The second-order valence-electron chi connectivity index (χ2n) is 11.7. The Bertz CT molecular complexity index is 1640. The smallest absolute Gasteiger partial charge is 0.338 e. The molecule has 2 atom stereocenters. The molecule has 0 aliphatic heterocycles. The number of urea groups is 1. The molecule has 0 saturated heterocycles. The molecule has 0 heterocycles. The quantitative estimate of drug-likeness (QED) is 0.188. The lowest BCUT2D eigenvalue weighted by Gasteiger charge is -2.42. The molecule has 2 N–H and O–H groups in total. The standard InChI is InChI=1S/C38H41N3O4/c1-4-45-37(43)31-16-11-17-32(23-31)40-38(44)39-24-35(42)41(25-29-14-9-6-10-15-29)36-30(22-28-12-7-5-8-13-28)18-19-33-27(3)20-26(2)21-34(33)36/h5-17,20-21,23,30,36H,4,18-19,22,24-25H2,1-3H3,(H2,39,40,44). The monoisotopic (exact) mass is 603 g/mol. The van der Waals surface area contributed by atoms with E-state index in [2.05, 4.69) is 60.9 Å². The lowest BCUT2D eigenvalue weighted by Crippen LogP contribution is -2.46. The molecule has 0 aromatic heterocycles. The minimum absolute atomic E-state index is 0.161. The van der Waals surface area contributed by atoms with Crippen molar-refractivity contribution in [1.29, 1.82) is 0 Å². The Morgan fingerprint density at radius 3 is 2.29 bits per heavy atom. The highest BCUT2D eigenvalue weighted by atomic mass is 16.5. The van der Waals surface area contributed by atoms with Crippen molar-refractivity contribution in [2.24, 2.45) is 5.92 Å². The third kappa shape index (κ3) is 7.98. The minimum atomic E-state index is -0.527. The van der Waals surface area contributed by atoms with Crippen molar-refractivity contribution in [3.05, 3.63) is 136 Å². The third-order valence-corrected chi connectivity index (χ3v) is 8.41. The van der Waals surface area contributed by atoms with Gasteiger partial charge in [-0.25, -0.2) is 9.59 Å². The second kappa shape index (κ2) is 14.7. The van der Waals surface area contributed by atoms with Gasteiger partial charge in [-0.2, -0.15) is 0 Å². The Kier molecular flexibility index (Phi) is 10.3. The summed E-state index contributed by atoms with van der Waals surface area (Å²) in [5.74, 6) is -0.422. The van der Waals surface area contributed by atoms with Crippen LogP contribution in [0.15, 0.2) is 97.1 Å². The topological polar surface area (TPSA) is 87.7 Å². The summed E-state index contributed by atoms with van der Waals surface area (Å²) in [6.07, 6.45) is 2.77. The van der Waals surface area contributed by atoms with Crippen LogP contribution in [0, 0.1) is 19.8 Å². The highest BCUT2D eigenvalue weighted by Crippen LogP contribution is 2.42. The highest BCUT2D eigenvalue weighted by Gasteiger charge is 2.37. The van der Waals surface area contributed by atoms with E-state index in [1.807, 2.05) is 41.3 Å². The Morgan fingerprint density at radius 1 is 0.867 bits per heavy atom. The van der Waals surface area contributed by atoms with E-state index < -0.39 is 12.0 Å². The highest BCUT2D eigenvalue weighted by molar-refractivity contribution is 5.95. The number of rotatable bonds is 10. The Morgan fingerprint density at radius 2 is 1.58 bits per heavy atom. The summed E-state index contributed by atoms with van der Waals surface area (Å²) < 4.78 is 5.07. The molecule has 3 amide bonds. The first-order chi connectivity index (χ1) is 21.8. The summed E-state index contributed by atoms with van der Waals surface area (Å²) in [6.45, 7) is 6.51. The van der Waals surface area contributed by atoms with Gasteiger partial charge in [0, 0.05) is 12.2 Å².